The van der Waals surface area contributed by atoms with Crippen LogP contribution in [0.5, 0.6) is 23.0 Å². The molecule has 0 aromatic heterocycles. The van der Waals surface area contributed by atoms with E-state index in [-0.39, 0.29) is 36.9 Å². The fourth-order valence-electron chi connectivity index (χ4n) is 3.54. The van der Waals surface area contributed by atoms with Crippen LogP contribution in [0.1, 0.15) is 12.8 Å². The standard InChI is InChI=1S/C19H20N2O7S.ClH/c22-18(21-23)19(7-9-20-10-8-19)29(24,25)15-4-1-13(2-5-15)28-14-3-6-16-17(11-14)27-12-26-16;/h1-6,11,20,23H,7-10,12H2,(H,21,22);1H. The molecule has 2 aliphatic heterocycles. The Hall–Kier alpha value is -2.53. The molecule has 0 saturated carbocycles. The molecule has 0 atom stereocenters. The van der Waals surface area contributed by atoms with Crippen molar-refractivity contribution in [3.8, 4) is 23.0 Å². The van der Waals surface area contributed by atoms with Crippen LogP contribution in [-0.4, -0.2) is 44.2 Å². The molecule has 2 aromatic rings. The molecule has 0 aliphatic carbocycles. The van der Waals surface area contributed by atoms with Gasteiger partial charge in [0.15, 0.2) is 26.1 Å². The van der Waals surface area contributed by atoms with Gasteiger partial charge < -0.3 is 19.5 Å². The number of hydroxylamine groups is 1. The van der Waals surface area contributed by atoms with E-state index >= 15 is 0 Å². The molecular formula is C19H21ClN2O7S. The summed E-state index contributed by atoms with van der Waals surface area (Å²) in [6, 6.07) is 10.9. The number of halogens is 1. The summed E-state index contributed by atoms with van der Waals surface area (Å²) >= 11 is 0. The first-order valence-corrected chi connectivity index (χ1v) is 10.5. The van der Waals surface area contributed by atoms with Gasteiger partial charge in [-0.1, -0.05) is 0 Å². The van der Waals surface area contributed by atoms with Crippen molar-refractivity contribution < 1.29 is 32.6 Å². The quantitative estimate of drug-likeness (QED) is 0.461. The smallest absolute Gasteiger partial charge is 0.265 e. The molecule has 2 aromatic carbocycles. The third-order valence-electron chi connectivity index (χ3n) is 5.15. The van der Waals surface area contributed by atoms with Crippen molar-refractivity contribution in [3.63, 3.8) is 0 Å². The second-order valence-electron chi connectivity index (χ2n) is 6.78. The lowest BCUT2D eigenvalue weighted by Gasteiger charge is -2.34. The monoisotopic (exact) mass is 456 g/mol. The van der Waals surface area contributed by atoms with Crippen LogP contribution in [0.4, 0.5) is 0 Å². The second-order valence-corrected chi connectivity index (χ2v) is 9.04. The van der Waals surface area contributed by atoms with Crippen LogP contribution < -0.4 is 25.0 Å². The summed E-state index contributed by atoms with van der Waals surface area (Å²) in [7, 11) is -4.04. The SMILES string of the molecule is Cl.O=C(NO)C1(S(=O)(=O)c2ccc(Oc3ccc4c(c3)OCO4)cc2)CCNCC1. The summed E-state index contributed by atoms with van der Waals surface area (Å²) in [5, 5.41) is 12.1. The van der Waals surface area contributed by atoms with Gasteiger partial charge in [-0.15, -0.1) is 12.4 Å². The van der Waals surface area contributed by atoms with E-state index in [9.17, 15) is 13.2 Å². The number of rotatable bonds is 5. The lowest BCUT2D eigenvalue weighted by Crippen LogP contribution is -2.57. The zero-order valence-corrected chi connectivity index (χ0v) is 17.4. The van der Waals surface area contributed by atoms with Gasteiger partial charge in [-0.3, -0.25) is 10.0 Å². The molecule has 1 fully saturated rings. The number of benzene rings is 2. The van der Waals surface area contributed by atoms with E-state index in [4.69, 9.17) is 19.4 Å². The Balaban J connectivity index is 0.00000256. The predicted molar refractivity (Wildman–Crippen MR) is 108 cm³/mol. The molecule has 2 heterocycles. The van der Waals surface area contributed by atoms with Crippen LogP contribution in [0.2, 0.25) is 0 Å². The minimum absolute atomic E-state index is 0. The van der Waals surface area contributed by atoms with Crippen molar-refractivity contribution in [2.75, 3.05) is 19.9 Å². The number of nitrogens with one attached hydrogen (secondary N) is 2. The topological polar surface area (TPSA) is 123 Å². The first-order valence-electron chi connectivity index (χ1n) is 9.04. The molecule has 0 radical (unpaired) electrons. The fraction of sp³-hybridized carbons (Fsp3) is 0.316. The highest BCUT2D eigenvalue weighted by Crippen LogP contribution is 2.38. The molecule has 9 nitrogen and oxygen atoms in total. The zero-order chi connectivity index (χ0) is 20.5. The summed E-state index contributed by atoms with van der Waals surface area (Å²) in [5.41, 5.74) is 1.52. The largest absolute Gasteiger partial charge is 0.457 e. The normalized spacial score (nSPS) is 17.0. The first-order chi connectivity index (χ1) is 14.0. The van der Waals surface area contributed by atoms with Crippen molar-refractivity contribution in [2.24, 2.45) is 0 Å². The summed E-state index contributed by atoms with van der Waals surface area (Å²) in [5.74, 6) is 1.23. The van der Waals surface area contributed by atoms with Gasteiger partial charge in [-0.2, -0.15) is 0 Å². The molecular weight excluding hydrogens is 436 g/mol. The Bertz CT molecular complexity index is 1020. The zero-order valence-electron chi connectivity index (χ0n) is 15.8. The lowest BCUT2D eigenvalue weighted by atomic mass is 9.96. The van der Waals surface area contributed by atoms with E-state index in [0.29, 0.717) is 36.1 Å². The van der Waals surface area contributed by atoms with Crippen molar-refractivity contribution in [1.82, 2.24) is 10.8 Å². The lowest BCUT2D eigenvalue weighted by molar-refractivity contribution is -0.132. The van der Waals surface area contributed by atoms with Gasteiger partial charge in [0.25, 0.3) is 5.91 Å². The van der Waals surface area contributed by atoms with E-state index in [1.54, 1.807) is 18.2 Å². The average Bonchev–Trinajstić information content (AvgIpc) is 3.22. The Labute approximate surface area is 179 Å². The minimum atomic E-state index is -4.04. The third kappa shape index (κ3) is 3.79. The second kappa shape index (κ2) is 8.68. The van der Waals surface area contributed by atoms with Gasteiger partial charge in [0.05, 0.1) is 4.90 Å². The Morgan fingerprint density at radius 2 is 1.67 bits per heavy atom. The number of hydrogen-bond donors (Lipinski definition) is 3. The van der Waals surface area contributed by atoms with E-state index in [1.165, 1.54) is 29.7 Å². The van der Waals surface area contributed by atoms with Gasteiger partial charge in [-0.05, 0) is 62.3 Å². The maximum absolute atomic E-state index is 13.2. The number of ether oxygens (including phenoxy) is 3. The third-order valence-corrected chi connectivity index (χ3v) is 7.67. The number of sulfone groups is 1. The van der Waals surface area contributed by atoms with Gasteiger partial charge >= 0.3 is 0 Å². The number of carbonyl (C=O) groups is 1. The van der Waals surface area contributed by atoms with Crippen LogP contribution in [0, 0.1) is 0 Å². The Morgan fingerprint density at radius 1 is 1.03 bits per heavy atom. The summed E-state index contributed by atoms with van der Waals surface area (Å²) in [4.78, 5) is 12.3. The van der Waals surface area contributed by atoms with Crippen LogP contribution in [-0.2, 0) is 14.6 Å². The first kappa shape index (κ1) is 22.2. The highest BCUT2D eigenvalue weighted by molar-refractivity contribution is 7.93. The number of piperidine rings is 1. The maximum atomic E-state index is 13.2. The summed E-state index contributed by atoms with van der Waals surface area (Å²) < 4.78 is 41.1. The summed E-state index contributed by atoms with van der Waals surface area (Å²) in [6.45, 7) is 0.875. The van der Waals surface area contributed by atoms with Crippen molar-refractivity contribution in [1.29, 1.82) is 0 Å². The molecule has 2 aliphatic rings. The van der Waals surface area contributed by atoms with Crippen molar-refractivity contribution >= 4 is 28.2 Å². The van der Waals surface area contributed by atoms with Crippen LogP contribution in [0.15, 0.2) is 47.4 Å². The predicted octanol–water partition coefficient (Wildman–Crippen LogP) is 2.03. The maximum Gasteiger partial charge on any atom is 0.265 e. The molecule has 30 heavy (non-hydrogen) atoms. The van der Waals surface area contributed by atoms with Crippen molar-refractivity contribution in [2.45, 2.75) is 22.5 Å². The number of fused-ring (bicyclic) bond motifs is 1. The molecule has 0 spiro atoms. The van der Waals surface area contributed by atoms with Crippen LogP contribution in [0.25, 0.3) is 0 Å². The molecule has 4 rings (SSSR count). The molecule has 1 saturated heterocycles. The molecule has 3 N–H and O–H groups in total. The molecule has 0 bridgehead atoms. The van der Waals surface area contributed by atoms with E-state index in [0.717, 1.165) is 0 Å². The molecule has 11 heteroatoms. The van der Waals surface area contributed by atoms with Gasteiger partial charge in [0.1, 0.15) is 11.5 Å². The van der Waals surface area contributed by atoms with Crippen LogP contribution >= 0.6 is 12.4 Å². The van der Waals surface area contributed by atoms with Gasteiger partial charge in [0, 0.05) is 6.07 Å². The number of amides is 1. The number of hydrogen-bond acceptors (Lipinski definition) is 8. The summed E-state index contributed by atoms with van der Waals surface area (Å²) in [6.07, 6.45) is 0.133. The fourth-order valence-corrected chi connectivity index (χ4v) is 5.52. The van der Waals surface area contributed by atoms with Crippen LogP contribution in [0.3, 0.4) is 0 Å². The average molecular weight is 457 g/mol. The molecule has 0 unspecified atom stereocenters. The Kier molecular flexibility index (Phi) is 6.41. The van der Waals surface area contributed by atoms with Gasteiger partial charge in [-0.25, -0.2) is 13.9 Å². The number of carbonyl (C=O) groups excluding carboxylic acids is 1. The van der Waals surface area contributed by atoms with E-state index < -0.39 is 20.5 Å². The highest BCUT2D eigenvalue weighted by atomic mass is 35.5. The van der Waals surface area contributed by atoms with E-state index in [1.807, 2.05) is 0 Å². The molecule has 162 valence electrons. The van der Waals surface area contributed by atoms with E-state index in [2.05, 4.69) is 5.32 Å². The Morgan fingerprint density at radius 3 is 2.33 bits per heavy atom. The van der Waals surface area contributed by atoms with Crippen molar-refractivity contribution in [3.05, 3.63) is 42.5 Å². The van der Waals surface area contributed by atoms with Gasteiger partial charge in [0.2, 0.25) is 6.79 Å². The highest BCUT2D eigenvalue weighted by Gasteiger charge is 2.51. The molecule has 1 amide bonds. The minimum Gasteiger partial charge on any atom is -0.457 e.